The highest BCUT2D eigenvalue weighted by molar-refractivity contribution is 7.89. The van der Waals surface area contributed by atoms with Gasteiger partial charge in [-0.15, -0.1) is 0 Å². The van der Waals surface area contributed by atoms with Crippen LogP contribution in [-0.4, -0.2) is 38.3 Å². The van der Waals surface area contributed by atoms with Crippen molar-refractivity contribution in [2.75, 3.05) is 25.0 Å². The Morgan fingerprint density at radius 3 is 2.48 bits per heavy atom. The number of benzene rings is 2. The second-order valence-corrected chi connectivity index (χ2v) is 8.23. The summed E-state index contributed by atoms with van der Waals surface area (Å²) in [6.45, 7) is 5.74. The molecule has 146 valence electrons. The van der Waals surface area contributed by atoms with E-state index in [-0.39, 0.29) is 28.2 Å². The molecular formula is C19H23ClN2O4S. The molecule has 0 aromatic heterocycles. The number of hydrogen-bond donors (Lipinski definition) is 1. The van der Waals surface area contributed by atoms with Gasteiger partial charge in [-0.3, -0.25) is 4.79 Å². The maximum atomic E-state index is 12.8. The summed E-state index contributed by atoms with van der Waals surface area (Å²) in [5.74, 6) is -0.299. The normalized spacial score (nSPS) is 11.4. The zero-order valence-corrected chi connectivity index (χ0v) is 17.1. The Morgan fingerprint density at radius 2 is 1.85 bits per heavy atom. The summed E-state index contributed by atoms with van der Waals surface area (Å²) in [7, 11) is -3.77. The first-order valence-corrected chi connectivity index (χ1v) is 10.4. The molecule has 0 spiro atoms. The molecule has 6 nitrogen and oxygen atoms in total. The number of nitrogens with zero attached hydrogens (tertiary/aromatic N) is 1. The van der Waals surface area contributed by atoms with Crippen LogP contribution in [0.15, 0.2) is 47.4 Å². The Balaban J connectivity index is 2.18. The number of halogens is 1. The minimum atomic E-state index is -3.77. The van der Waals surface area contributed by atoms with E-state index < -0.39 is 10.0 Å². The predicted molar refractivity (Wildman–Crippen MR) is 107 cm³/mol. The van der Waals surface area contributed by atoms with Gasteiger partial charge in [-0.1, -0.05) is 37.6 Å². The van der Waals surface area contributed by atoms with Crippen LogP contribution >= 0.6 is 11.6 Å². The molecule has 0 atom stereocenters. The molecule has 0 aliphatic heterocycles. The zero-order valence-electron chi connectivity index (χ0n) is 15.5. The third-order valence-electron chi connectivity index (χ3n) is 3.89. The summed E-state index contributed by atoms with van der Waals surface area (Å²) >= 11 is 5.98. The lowest BCUT2D eigenvalue weighted by molar-refractivity contribution is -0.118. The van der Waals surface area contributed by atoms with E-state index in [2.05, 4.69) is 5.32 Å². The first-order chi connectivity index (χ1) is 12.8. The van der Waals surface area contributed by atoms with Gasteiger partial charge < -0.3 is 10.1 Å². The Bertz CT molecular complexity index is 912. The number of carbonyl (C=O) groups is 1. The van der Waals surface area contributed by atoms with Crippen LogP contribution in [0.5, 0.6) is 5.75 Å². The van der Waals surface area contributed by atoms with E-state index in [0.29, 0.717) is 18.8 Å². The SMILES string of the molecule is CCN(CC)S(=O)(=O)c1cc(Cl)ccc1OCC(=O)Nc1cccc(C)c1. The molecule has 27 heavy (non-hydrogen) atoms. The number of sulfonamides is 1. The van der Waals surface area contributed by atoms with Crippen LogP contribution in [0.1, 0.15) is 19.4 Å². The zero-order chi connectivity index (χ0) is 20.0. The quantitative estimate of drug-likeness (QED) is 0.720. The van der Waals surface area contributed by atoms with E-state index in [1.807, 2.05) is 25.1 Å². The molecule has 1 amide bonds. The van der Waals surface area contributed by atoms with Gasteiger partial charge in [-0.25, -0.2) is 8.42 Å². The van der Waals surface area contributed by atoms with E-state index in [1.165, 1.54) is 22.5 Å². The predicted octanol–water partition coefficient (Wildman–Crippen LogP) is 3.70. The molecule has 2 aromatic carbocycles. The Kier molecular flexibility index (Phi) is 7.24. The molecule has 2 rings (SSSR count). The van der Waals surface area contributed by atoms with Crippen molar-refractivity contribution in [1.82, 2.24) is 4.31 Å². The van der Waals surface area contributed by atoms with E-state index in [9.17, 15) is 13.2 Å². The van der Waals surface area contributed by atoms with E-state index in [4.69, 9.17) is 16.3 Å². The summed E-state index contributed by atoms with van der Waals surface area (Å²) in [4.78, 5) is 12.1. The van der Waals surface area contributed by atoms with Gasteiger partial charge in [0.05, 0.1) is 0 Å². The monoisotopic (exact) mass is 410 g/mol. The number of nitrogens with one attached hydrogen (secondary N) is 1. The summed E-state index contributed by atoms with van der Waals surface area (Å²) < 4.78 is 32.5. The van der Waals surface area contributed by atoms with Crippen molar-refractivity contribution in [2.24, 2.45) is 0 Å². The van der Waals surface area contributed by atoms with Crippen LogP contribution in [0.25, 0.3) is 0 Å². The fourth-order valence-corrected chi connectivity index (χ4v) is 4.42. The number of amides is 1. The van der Waals surface area contributed by atoms with Crippen LogP contribution in [-0.2, 0) is 14.8 Å². The lowest BCUT2D eigenvalue weighted by Gasteiger charge is -2.20. The topological polar surface area (TPSA) is 75.7 Å². The number of hydrogen-bond acceptors (Lipinski definition) is 4. The maximum absolute atomic E-state index is 12.8. The number of carbonyl (C=O) groups excluding carboxylic acids is 1. The van der Waals surface area contributed by atoms with Gasteiger partial charge in [0, 0.05) is 23.8 Å². The Hall–Kier alpha value is -2.09. The number of anilines is 1. The largest absolute Gasteiger partial charge is 0.482 e. The van der Waals surface area contributed by atoms with Crippen molar-refractivity contribution < 1.29 is 17.9 Å². The molecule has 0 radical (unpaired) electrons. The van der Waals surface area contributed by atoms with Crippen molar-refractivity contribution in [3.05, 3.63) is 53.1 Å². The van der Waals surface area contributed by atoms with Gasteiger partial charge in [0.25, 0.3) is 5.91 Å². The first-order valence-electron chi connectivity index (χ1n) is 8.57. The summed E-state index contributed by atoms with van der Waals surface area (Å²) in [5, 5.41) is 2.99. The summed E-state index contributed by atoms with van der Waals surface area (Å²) in [5.41, 5.74) is 1.66. The molecule has 0 bridgehead atoms. The van der Waals surface area contributed by atoms with E-state index in [0.717, 1.165) is 5.56 Å². The van der Waals surface area contributed by atoms with Gasteiger partial charge in [-0.05, 0) is 42.8 Å². The van der Waals surface area contributed by atoms with E-state index in [1.54, 1.807) is 19.9 Å². The van der Waals surface area contributed by atoms with Crippen LogP contribution in [0.4, 0.5) is 5.69 Å². The Morgan fingerprint density at radius 1 is 1.15 bits per heavy atom. The fourth-order valence-electron chi connectivity index (χ4n) is 2.57. The molecule has 0 saturated heterocycles. The highest BCUT2D eigenvalue weighted by Gasteiger charge is 2.26. The average Bonchev–Trinajstić information content (AvgIpc) is 2.61. The third kappa shape index (κ3) is 5.45. The van der Waals surface area contributed by atoms with Crippen molar-refractivity contribution in [3.63, 3.8) is 0 Å². The second kappa shape index (κ2) is 9.21. The molecule has 1 N–H and O–H groups in total. The molecule has 0 saturated carbocycles. The van der Waals surface area contributed by atoms with Crippen molar-refractivity contribution in [2.45, 2.75) is 25.7 Å². The first kappa shape index (κ1) is 21.2. The van der Waals surface area contributed by atoms with Crippen molar-refractivity contribution >= 4 is 33.2 Å². The maximum Gasteiger partial charge on any atom is 0.262 e. The summed E-state index contributed by atoms with van der Waals surface area (Å²) in [6, 6.07) is 11.7. The van der Waals surface area contributed by atoms with E-state index >= 15 is 0 Å². The van der Waals surface area contributed by atoms with Crippen LogP contribution in [0, 0.1) is 6.92 Å². The van der Waals surface area contributed by atoms with Crippen LogP contribution in [0.3, 0.4) is 0 Å². The minimum Gasteiger partial charge on any atom is -0.482 e. The number of rotatable bonds is 8. The van der Waals surface area contributed by atoms with Gasteiger partial charge in [0.2, 0.25) is 10.0 Å². The van der Waals surface area contributed by atoms with Crippen LogP contribution < -0.4 is 10.1 Å². The molecular weight excluding hydrogens is 388 g/mol. The van der Waals surface area contributed by atoms with Crippen molar-refractivity contribution in [1.29, 1.82) is 0 Å². The highest BCUT2D eigenvalue weighted by atomic mass is 35.5. The number of aryl methyl sites for hydroxylation is 1. The smallest absolute Gasteiger partial charge is 0.262 e. The lowest BCUT2D eigenvalue weighted by atomic mass is 10.2. The second-order valence-electron chi connectivity index (χ2n) is 5.89. The van der Waals surface area contributed by atoms with Gasteiger partial charge in [0.1, 0.15) is 10.6 Å². The molecule has 0 unspecified atom stereocenters. The molecule has 8 heteroatoms. The van der Waals surface area contributed by atoms with Crippen molar-refractivity contribution in [3.8, 4) is 5.75 Å². The molecule has 0 aliphatic rings. The summed E-state index contributed by atoms with van der Waals surface area (Å²) in [6.07, 6.45) is 0. The molecule has 0 heterocycles. The highest BCUT2D eigenvalue weighted by Crippen LogP contribution is 2.29. The standard InChI is InChI=1S/C19H23ClN2O4S/c1-4-22(5-2)27(24,25)18-12-15(20)9-10-17(18)26-13-19(23)21-16-8-6-7-14(3)11-16/h6-12H,4-5,13H2,1-3H3,(H,21,23). The average molecular weight is 411 g/mol. The molecule has 0 aliphatic carbocycles. The van der Waals surface area contributed by atoms with Crippen LogP contribution in [0.2, 0.25) is 5.02 Å². The number of ether oxygens (including phenoxy) is 1. The third-order valence-corrected chi connectivity index (χ3v) is 6.20. The minimum absolute atomic E-state index is 0.0537. The van der Waals surface area contributed by atoms with Gasteiger partial charge in [-0.2, -0.15) is 4.31 Å². The molecule has 0 fully saturated rings. The van der Waals surface area contributed by atoms with Gasteiger partial charge in [0.15, 0.2) is 6.61 Å². The fraction of sp³-hybridized carbons (Fsp3) is 0.316. The molecule has 2 aromatic rings. The Labute approximate surface area is 165 Å². The van der Waals surface area contributed by atoms with Gasteiger partial charge >= 0.3 is 0 Å². The lowest BCUT2D eigenvalue weighted by Crippen LogP contribution is -2.31.